The number of benzene rings is 2. The summed E-state index contributed by atoms with van der Waals surface area (Å²) in [6.45, 7) is 5.07. The minimum absolute atomic E-state index is 0.00913. The maximum absolute atomic E-state index is 6.30. The fourth-order valence-corrected chi connectivity index (χ4v) is 2.81. The number of hydrogen-bond acceptors (Lipinski definition) is 2. The number of aliphatic imine (C=N–C) groups is 1. The van der Waals surface area contributed by atoms with Crippen LogP contribution < -0.4 is 11.1 Å². The maximum atomic E-state index is 6.30. The first-order chi connectivity index (χ1) is 10.1. The lowest BCUT2D eigenvalue weighted by atomic mass is 9.94. The first kappa shape index (κ1) is 13.8. The molecule has 0 bridgehead atoms. The lowest BCUT2D eigenvalue weighted by Gasteiger charge is -2.26. The molecule has 0 radical (unpaired) electrons. The molecule has 108 valence electrons. The highest BCUT2D eigenvalue weighted by atomic mass is 15.0. The molecule has 0 aliphatic carbocycles. The van der Waals surface area contributed by atoms with Gasteiger partial charge in [0, 0.05) is 6.54 Å². The van der Waals surface area contributed by atoms with E-state index >= 15 is 0 Å². The van der Waals surface area contributed by atoms with Gasteiger partial charge in [0.25, 0.3) is 0 Å². The molecule has 3 heteroatoms. The summed E-state index contributed by atoms with van der Waals surface area (Å²) in [5.74, 6) is 0.635. The predicted molar refractivity (Wildman–Crippen MR) is 88.1 cm³/mol. The van der Waals surface area contributed by atoms with Crippen LogP contribution in [-0.4, -0.2) is 12.4 Å². The van der Waals surface area contributed by atoms with Gasteiger partial charge in [-0.25, -0.2) is 4.99 Å². The van der Waals surface area contributed by atoms with Gasteiger partial charge < -0.3 is 11.1 Å². The van der Waals surface area contributed by atoms with Crippen LogP contribution in [0, 0.1) is 13.8 Å². The number of amidine groups is 1. The quantitative estimate of drug-likeness (QED) is 0.655. The fourth-order valence-electron chi connectivity index (χ4n) is 2.81. The van der Waals surface area contributed by atoms with Crippen LogP contribution in [0.4, 0.5) is 5.69 Å². The molecule has 0 amide bonds. The third-order valence-electron chi connectivity index (χ3n) is 4.02. The van der Waals surface area contributed by atoms with E-state index in [-0.39, 0.29) is 6.04 Å². The Morgan fingerprint density at radius 1 is 1.19 bits per heavy atom. The van der Waals surface area contributed by atoms with Crippen LogP contribution in [0.2, 0.25) is 0 Å². The summed E-state index contributed by atoms with van der Waals surface area (Å²) in [4.78, 5) is 4.67. The second kappa shape index (κ2) is 5.70. The van der Waals surface area contributed by atoms with Crippen LogP contribution in [0.5, 0.6) is 0 Å². The van der Waals surface area contributed by atoms with E-state index in [1.165, 1.54) is 16.7 Å². The zero-order valence-electron chi connectivity index (χ0n) is 12.6. The Balaban J connectivity index is 1.97. The van der Waals surface area contributed by atoms with E-state index in [0.717, 1.165) is 24.2 Å². The number of fused-ring (bicyclic) bond motifs is 1. The molecule has 0 saturated carbocycles. The highest BCUT2D eigenvalue weighted by Gasteiger charge is 2.22. The average Bonchev–Trinajstić information content (AvgIpc) is 2.50. The molecule has 1 atom stereocenters. The van der Waals surface area contributed by atoms with Crippen LogP contribution in [0.25, 0.3) is 0 Å². The van der Waals surface area contributed by atoms with E-state index in [4.69, 9.17) is 5.73 Å². The van der Waals surface area contributed by atoms with Gasteiger partial charge in [0.1, 0.15) is 5.84 Å². The predicted octanol–water partition coefficient (Wildman–Crippen LogP) is 3.18. The van der Waals surface area contributed by atoms with E-state index < -0.39 is 0 Å². The zero-order valence-corrected chi connectivity index (χ0v) is 12.6. The van der Waals surface area contributed by atoms with Crippen LogP contribution >= 0.6 is 0 Å². The summed E-state index contributed by atoms with van der Waals surface area (Å²) in [5, 5.41) is 3.47. The molecule has 3 nitrogen and oxygen atoms in total. The number of aryl methyl sites for hydroxylation is 2. The monoisotopic (exact) mass is 279 g/mol. The maximum Gasteiger partial charge on any atom is 0.121 e. The lowest BCUT2D eigenvalue weighted by Crippen LogP contribution is -2.38. The van der Waals surface area contributed by atoms with Crippen LogP contribution in [0.1, 0.15) is 28.3 Å². The summed E-state index contributed by atoms with van der Waals surface area (Å²) in [5.41, 5.74) is 12.2. The van der Waals surface area contributed by atoms with Gasteiger partial charge in [0.15, 0.2) is 0 Å². The van der Waals surface area contributed by atoms with Crippen molar-refractivity contribution in [1.29, 1.82) is 0 Å². The molecule has 1 aliphatic rings. The average molecular weight is 279 g/mol. The van der Waals surface area contributed by atoms with Crippen LogP contribution in [0.15, 0.2) is 47.5 Å². The van der Waals surface area contributed by atoms with E-state index in [9.17, 15) is 0 Å². The Hall–Kier alpha value is -2.13. The third kappa shape index (κ3) is 2.83. The third-order valence-corrected chi connectivity index (χ3v) is 4.02. The van der Waals surface area contributed by atoms with E-state index in [1.807, 2.05) is 0 Å². The largest absolute Gasteiger partial charge is 0.386 e. The molecule has 2 aromatic rings. The topological polar surface area (TPSA) is 50.4 Å². The van der Waals surface area contributed by atoms with Crippen molar-refractivity contribution >= 4 is 11.5 Å². The van der Waals surface area contributed by atoms with Crippen molar-refractivity contribution in [2.45, 2.75) is 26.3 Å². The van der Waals surface area contributed by atoms with E-state index in [1.54, 1.807) is 0 Å². The molecule has 21 heavy (non-hydrogen) atoms. The first-order valence-electron chi connectivity index (χ1n) is 7.37. The van der Waals surface area contributed by atoms with Crippen molar-refractivity contribution in [1.82, 2.24) is 5.32 Å². The summed E-state index contributed by atoms with van der Waals surface area (Å²) >= 11 is 0. The minimum atomic E-state index is 0.00913. The molecule has 0 saturated heterocycles. The summed E-state index contributed by atoms with van der Waals surface area (Å²) in [6, 6.07) is 14.7. The SMILES string of the molecule is Cc1ccc(C)c(N=C(N)C2NCCc3ccccc32)c1. The highest BCUT2D eigenvalue weighted by Crippen LogP contribution is 2.25. The van der Waals surface area contributed by atoms with Crippen molar-refractivity contribution in [3.63, 3.8) is 0 Å². The lowest BCUT2D eigenvalue weighted by molar-refractivity contribution is 0.601. The Labute approximate surface area is 125 Å². The molecule has 0 aromatic heterocycles. The minimum Gasteiger partial charge on any atom is -0.386 e. The smallest absolute Gasteiger partial charge is 0.121 e. The Bertz CT molecular complexity index is 689. The molecular formula is C18H21N3. The van der Waals surface area contributed by atoms with Gasteiger partial charge in [-0.05, 0) is 48.6 Å². The zero-order chi connectivity index (χ0) is 14.8. The fraction of sp³-hybridized carbons (Fsp3) is 0.278. The molecule has 0 spiro atoms. The molecule has 3 N–H and O–H groups in total. The van der Waals surface area contributed by atoms with Crippen molar-refractivity contribution in [3.05, 3.63) is 64.7 Å². The Kier molecular flexibility index (Phi) is 3.76. The summed E-state index contributed by atoms with van der Waals surface area (Å²) in [7, 11) is 0. The summed E-state index contributed by atoms with van der Waals surface area (Å²) < 4.78 is 0. The van der Waals surface area contributed by atoms with Crippen molar-refractivity contribution in [2.75, 3.05) is 6.54 Å². The highest BCUT2D eigenvalue weighted by molar-refractivity contribution is 5.90. The molecule has 1 unspecified atom stereocenters. The molecule has 1 aliphatic heterocycles. The van der Waals surface area contributed by atoms with Gasteiger partial charge in [-0.3, -0.25) is 0 Å². The molecular weight excluding hydrogens is 258 g/mol. The first-order valence-corrected chi connectivity index (χ1v) is 7.37. The number of hydrogen-bond donors (Lipinski definition) is 2. The Morgan fingerprint density at radius 2 is 2.00 bits per heavy atom. The van der Waals surface area contributed by atoms with Crippen molar-refractivity contribution < 1.29 is 0 Å². The molecule has 3 rings (SSSR count). The number of rotatable bonds is 2. The van der Waals surface area contributed by atoms with Crippen molar-refractivity contribution in [3.8, 4) is 0 Å². The van der Waals surface area contributed by atoms with E-state index in [2.05, 4.69) is 66.6 Å². The molecule has 0 fully saturated rings. The summed E-state index contributed by atoms with van der Waals surface area (Å²) in [6.07, 6.45) is 1.05. The number of nitrogens with two attached hydrogens (primary N) is 1. The Morgan fingerprint density at radius 3 is 2.86 bits per heavy atom. The van der Waals surface area contributed by atoms with Gasteiger partial charge in [0.2, 0.25) is 0 Å². The van der Waals surface area contributed by atoms with Gasteiger partial charge in [-0.1, -0.05) is 36.4 Å². The van der Waals surface area contributed by atoms with Crippen molar-refractivity contribution in [2.24, 2.45) is 10.7 Å². The normalized spacial score (nSPS) is 18.4. The van der Waals surface area contributed by atoms with Crippen LogP contribution in [0.3, 0.4) is 0 Å². The number of nitrogens with one attached hydrogen (secondary N) is 1. The van der Waals surface area contributed by atoms with Gasteiger partial charge in [-0.15, -0.1) is 0 Å². The number of nitrogens with zero attached hydrogens (tertiary/aromatic N) is 1. The second-order valence-corrected chi connectivity index (χ2v) is 5.66. The van der Waals surface area contributed by atoms with Gasteiger partial charge >= 0.3 is 0 Å². The van der Waals surface area contributed by atoms with Gasteiger partial charge in [0.05, 0.1) is 11.7 Å². The molecule has 2 aromatic carbocycles. The molecule has 1 heterocycles. The standard InChI is InChI=1S/C18H21N3/c1-12-7-8-13(2)16(11-12)21-18(19)17-15-6-4-3-5-14(15)9-10-20-17/h3-8,11,17,20H,9-10H2,1-2H3,(H2,19,21). The second-order valence-electron chi connectivity index (χ2n) is 5.66. The van der Waals surface area contributed by atoms with Crippen LogP contribution in [-0.2, 0) is 6.42 Å². The van der Waals surface area contributed by atoms with E-state index in [0.29, 0.717) is 5.84 Å². The van der Waals surface area contributed by atoms with Gasteiger partial charge in [-0.2, -0.15) is 0 Å².